The molecule has 5 rings (SSSR count). The number of benzene rings is 3. The zero-order chi connectivity index (χ0) is 27.1. The number of nitrogens with zero attached hydrogens (tertiary/aromatic N) is 2. The SMILES string of the molecule is CCCOc1ccc(/C(O)=C2\C(=O)C(=O)N(c3nc4cc(F)c(F)cc4s3)C2c2cccc(C)c2)cc1C. The van der Waals surface area contributed by atoms with Crippen molar-refractivity contribution in [2.24, 2.45) is 0 Å². The summed E-state index contributed by atoms with van der Waals surface area (Å²) in [6.45, 7) is 6.24. The summed E-state index contributed by atoms with van der Waals surface area (Å²) in [4.78, 5) is 32.3. The largest absolute Gasteiger partial charge is 0.507 e. The van der Waals surface area contributed by atoms with E-state index in [-0.39, 0.29) is 22.0 Å². The van der Waals surface area contributed by atoms with E-state index in [9.17, 15) is 23.5 Å². The molecule has 2 heterocycles. The first-order chi connectivity index (χ1) is 18.2. The van der Waals surface area contributed by atoms with Crippen molar-refractivity contribution in [3.63, 3.8) is 0 Å². The van der Waals surface area contributed by atoms with E-state index < -0.39 is 29.4 Å². The Morgan fingerprint density at radius 1 is 1.08 bits per heavy atom. The summed E-state index contributed by atoms with van der Waals surface area (Å²) in [6, 6.07) is 13.2. The molecule has 0 saturated carbocycles. The first-order valence-corrected chi connectivity index (χ1v) is 12.9. The minimum absolute atomic E-state index is 0.0946. The number of fused-ring (bicyclic) bond motifs is 1. The molecule has 1 saturated heterocycles. The Labute approximate surface area is 221 Å². The van der Waals surface area contributed by atoms with Crippen LogP contribution in [0.25, 0.3) is 16.0 Å². The van der Waals surface area contributed by atoms with Gasteiger partial charge in [-0.15, -0.1) is 0 Å². The Hall–Kier alpha value is -4.11. The Balaban J connectivity index is 1.68. The standard InChI is InChI=1S/C29H24F2N2O4S/c1-4-10-37-22-9-8-18(12-16(22)3)26(34)24-25(17-7-5-6-15(2)11-17)33(28(36)27(24)35)29-32-21-13-19(30)20(31)14-23(21)38-29/h5-9,11-14,25,34H,4,10H2,1-3H3/b26-24+. The number of hydrogen-bond donors (Lipinski definition) is 1. The van der Waals surface area contributed by atoms with E-state index in [2.05, 4.69) is 4.98 Å². The van der Waals surface area contributed by atoms with Gasteiger partial charge < -0.3 is 9.84 Å². The number of halogens is 2. The summed E-state index contributed by atoms with van der Waals surface area (Å²) in [5.74, 6) is -3.54. The smallest absolute Gasteiger partial charge is 0.301 e. The number of aliphatic hydroxyl groups is 1. The maximum absolute atomic E-state index is 13.9. The van der Waals surface area contributed by atoms with Gasteiger partial charge >= 0.3 is 5.91 Å². The lowest BCUT2D eigenvalue weighted by atomic mass is 9.94. The number of ketones is 1. The lowest BCUT2D eigenvalue weighted by Gasteiger charge is -2.23. The fraction of sp³-hybridized carbons (Fsp3) is 0.207. The van der Waals surface area contributed by atoms with Gasteiger partial charge in [0, 0.05) is 11.6 Å². The van der Waals surface area contributed by atoms with Crippen molar-refractivity contribution >= 4 is 44.1 Å². The van der Waals surface area contributed by atoms with Crippen LogP contribution in [0.4, 0.5) is 13.9 Å². The maximum Gasteiger partial charge on any atom is 0.301 e. The molecule has 194 valence electrons. The number of ether oxygens (including phenoxy) is 1. The quantitative estimate of drug-likeness (QED) is 0.171. The van der Waals surface area contributed by atoms with Crippen LogP contribution in [0.3, 0.4) is 0 Å². The van der Waals surface area contributed by atoms with Crippen LogP contribution in [-0.4, -0.2) is 28.4 Å². The first-order valence-electron chi connectivity index (χ1n) is 12.1. The van der Waals surface area contributed by atoms with Crippen molar-refractivity contribution in [3.8, 4) is 5.75 Å². The molecule has 0 radical (unpaired) electrons. The van der Waals surface area contributed by atoms with Crippen molar-refractivity contribution < 1.29 is 28.2 Å². The second kappa shape index (κ2) is 9.98. The van der Waals surface area contributed by atoms with Gasteiger partial charge in [-0.3, -0.25) is 14.5 Å². The van der Waals surface area contributed by atoms with Crippen LogP contribution in [0.15, 0.2) is 60.2 Å². The van der Waals surface area contributed by atoms with Crippen LogP contribution >= 0.6 is 11.3 Å². The van der Waals surface area contributed by atoms with Crippen LogP contribution in [-0.2, 0) is 9.59 Å². The molecule has 1 N–H and O–H groups in total. The maximum atomic E-state index is 13.9. The van der Waals surface area contributed by atoms with Crippen LogP contribution in [0, 0.1) is 25.5 Å². The summed E-state index contributed by atoms with van der Waals surface area (Å²) in [5.41, 5.74) is 2.65. The molecule has 1 atom stereocenters. The van der Waals surface area contributed by atoms with Crippen molar-refractivity contribution in [1.29, 1.82) is 0 Å². The van der Waals surface area contributed by atoms with Gasteiger partial charge in [0.05, 0.1) is 28.4 Å². The minimum atomic E-state index is -1.06. The lowest BCUT2D eigenvalue weighted by molar-refractivity contribution is -0.132. The zero-order valence-corrected chi connectivity index (χ0v) is 21.7. The highest BCUT2D eigenvalue weighted by Gasteiger charge is 2.48. The molecule has 6 nitrogen and oxygen atoms in total. The molecule has 1 aliphatic rings. The average Bonchev–Trinajstić information content (AvgIpc) is 3.40. The number of thiazole rings is 1. The van der Waals surface area contributed by atoms with Gasteiger partial charge in [0.1, 0.15) is 11.5 Å². The third kappa shape index (κ3) is 4.43. The molecular formula is C29H24F2N2O4S. The van der Waals surface area contributed by atoms with Crippen molar-refractivity contribution in [2.75, 3.05) is 11.5 Å². The number of amides is 1. The van der Waals surface area contributed by atoms with Gasteiger partial charge in [-0.2, -0.15) is 0 Å². The van der Waals surface area contributed by atoms with E-state index in [4.69, 9.17) is 4.74 Å². The van der Waals surface area contributed by atoms with Gasteiger partial charge in [0.2, 0.25) is 0 Å². The molecule has 3 aromatic carbocycles. The summed E-state index contributed by atoms with van der Waals surface area (Å²) >= 11 is 0.962. The third-order valence-corrected chi connectivity index (χ3v) is 7.36. The van der Waals surface area contributed by atoms with E-state index in [0.717, 1.165) is 41.0 Å². The number of anilines is 1. The highest BCUT2D eigenvalue weighted by atomic mass is 32.1. The van der Waals surface area contributed by atoms with Gasteiger partial charge in [0.15, 0.2) is 16.8 Å². The molecule has 1 aliphatic heterocycles. The number of aryl methyl sites for hydroxylation is 2. The monoisotopic (exact) mass is 534 g/mol. The average molecular weight is 535 g/mol. The lowest BCUT2D eigenvalue weighted by Crippen LogP contribution is -2.29. The molecular weight excluding hydrogens is 510 g/mol. The molecule has 0 aliphatic carbocycles. The number of aliphatic hydroxyl groups excluding tert-OH is 1. The molecule has 1 fully saturated rings. The predicted molar refractivity (Wildman–Crippen MR) is 142 cm³/mol. The Kier molecular flexibility index (Phi) is 6.71. The highest BCUT2D eigenvalue weighted by Crippen LogP contribution is 2.44. The van der Waals surface area contributed by atoms with Crippen LogP contribution in [0.5, 0.6) is 5.75 Å². The summed E-state index contributed by atoms with van der Waals surface area (Å²) in [6.07, 6.45) is 0.839. The van der Waals surface area contributed by atoms with E-state index in [0.29, 0.717) is 28.2 Å². The predicted octanol–water partition coefficient (Wildman–Crippen LogP) is 6.61. The van der Waals surface area contributed by atoms with E-state index in [1.54, 1.807) is 30.3 Å². The van der Waals surface area contributed by atoms with Crippen LogP contribution in [0.2, 0.25) is 0 Å². The number of aromatic nitrogens is 1. The number of carbonyl (C=O) groups is 2. The van der Waals surface area contributed by atoms with Crippen LogP contribution < -0.4 is 9.64 Å². The number of hydrogen-bond acceptors (Lipinski definition) is 6. The molecule has 1 unspecified atom stereocenters. The fourth-order valence-electron chi connectivity index (χ4n) is 4.53. The fourth-order valence-corrected chi connectivity index (χ4v) is 5.52. The second-order valence-electron chi connectivity index (χ2n) is 9.14. The van der Waals surface area contributed by atoms with E-state index in [1.165, 1.54) is 4.90 Å². The topological polar surface area (TPSA) is 79.7 Å². The first kappa shape index (κ1) is 25.5. The zero-order valence-electron chi connectivity index (χ0n) is 20.9. The van der Waals surface area contributed by atoms with Crippen LogP contribution in [0.1, 0.15) is 41.6 Å². The molecule has 9 heteroatoms. The van der Waals surface area contributed by atoms with Gasteiger partial charge in [-0.1, -0.05) is 48.1 Å². The van der Waals surface area contributed by atoms with E-state index in [1.807, 2.05) is 32.9 Å². The molecule has 1 amide bonds. The highest BCUT2D eigenvalue weighted by molar-refractivity contribution is 7.22. The molecule has 0 spiro atoms. The minimum Gasteiger partial charge on any atom is -0.507 e. The number of carbonyl (C=O) groups excluding carboxylic acids is 2. The summed E-state index contributed by atoms with van der Waals surface area (Å²) < 4.78 is 33.8. The second-order valence-corrected chi connectivity index (χ2v) is 10.2. The summed E-state index contributed by atoms with van der Waals surface area (Å²) in [7, 11) is 0. The number of Topliss-reactive ketones (excluding diaryl/α,β-unsaturated/α-hetero) is 1. The van der Waals surface area contributed by atoms with Gasteiger partial charge in [0.25, 0.3) is 5.78 Å². The van der Waals surface area contributed by atoms with Gasteiger partial charge in [-0.25, -0.2) is 13.8 Å². The van der Waals surface area contributed by atoms with Gasteiger partial charge in [-0.05, 0) is 55.7 Å². The Morgan fingerprint density at radius 2 is 1.84 bits per heavy atom. The molecule has 1 aromatic heterocycles. The summed E-state index contributed by atoms with van der Waals surface area (Å²) in [5, 5.41) is 11.5. The third-order valence-electron chi connectivity index (χ3n) is 6.34. The van der Waals surface area contributed by atoms with Crippen molar-refractivity contribution in [1.82, 2.24) is 4.98 Å². The number of rotatable bonds is 6. The van der Waals surface area contributed by atoms with Crippen molar-refractivity contribution in [3.05, 3.63) is 94.1 Å². The molecule has 38 heavy (non-hydrogen) atoms. The van der Waals surface area contributed by atoms with E-state index >= 15 is 0 Å². The van der Waals surface area contributed by atoms with Crippen molar-refractivity contribution in [2.45, 2.75) is 33.2 Å². The Bertz CT molecular complexity index is 1590. The molecule has 0 bridgehead atoms. The Morgan fingerprint density at radius 3 is 2.55 bits per heavy atom. The normalized spacial score (nSPS) is 17.0. The molecule has 4 aromatic rings.